The van der Waals surface area contributed by atoms with Crippen LogP contribution in [0.25, 0.3) is 10.8 Å². The lowest BCUT2D eigenvalue weighted by Crippen LogP contribution is -2.33. The van der Waals surface area contributed by atoms with Crippen molar-refractivity contribution in [2.75, 3.05) is 0 Å². The summed E-state index contributed by atoms with van der Waals surface area (Å²) in [6.07, 6.45) is 0. The maximum atomic E-state index is 13.1. The Kier molecular flexibility index (Phi) is 3.43. The summed E-state index contributed by atoms with van der Waals surface area (Å²) in [6.45, 7) is 0. The number of fused-ring (bicyclic) bond motifs is 8. The average Bonchev–Trinajstić information content (AvgIpc) is 3.06. The number of phenolic OH excluding ortho intramolecular Hbond substituents is 2. The molecule has 0 aromatic heterocycles. The zero-order valence-corrected chi connectivity index (χ0v) is 16.3. The van der Waals surface area contributed by atoms with E-state index >= 15 is 0 Å². The molecular weight excluding hydrogens is 412 g/mol. The predicted octanol–water partition coefficient (Wildman–Crippen LogP) is 4.52. The summed E-state index contributed by atoms with van der Waals surface area (Å²) in [7, 11) is 0. The Morgan fingerprint density at radius 3 is 2.41 bits per heavy atom. The van der Waals surface area contributed by atoms with E-state index in [1.807, 2.05) is 0 Å². The van der Waals surface area contributed by atoms with Gasteiger partial charge in [-0.1, -0.05) is 18.2 Å². The second kappa shape index (κ2) is 6.01. The number of rotatable bonds is 1. The lowest BCUT2D eigenvalue weighted by Gasteiger charge is -2.37. The average molecular weight is 426 g/mol. The van der Waals surface area contributed by atoms with Crippen molar-refractivity contribution < 1.29 is 34.4 Å². The Morgan fingerprint density at radius 1 is 0.844 bits per heavy atom. The molecule has 4 aromatic carbocycles. The molecule has 0 saturated heterocycles. The third-order valence-corrected chi connectivity index (χ3v) is 6.01. The zero-order chi connectivity index (χ0) is 22.2. The van der Waals surface area contributed by atoms with Crippen LogP contribution in [-0.2, 0) is 10.3 Å². The summed E-state index contributed by atoms with van der Waals surface area (Å²) in [5.41, 5.74) is -0.252. The standard InChI is InChI=1S/C25H14O7/c26-13-5-7-15-12(10-13)4-8-19-22(15)31-20-11-14(27)6-9-17(20)25(19)18-3-1-2-16(23(28)29)21(18)24(30)32-25/h1-11,26-27H,(H,28,29). The SMILES string of the molecule is O=C(O)c1cccc2c1C(=O)OC21c2ccc(O)cc2Oc2c1ccc1cc(O)ccc21. The number of carboxylic acid groups (broad SMARTS) is 1. The van der Waals surface area contributed by atoms with E-state index < -0.39 is 17.5 Å². The third kappa shape index (κ3) is 2.19. The van der Waals surface area contributed by atoms with Gasteiger partial charge in [-0.05, 0) is 47.9 Å². The van der Waals surface area contributed by atoms with Gasteiger partial charge in [-0.25, -0.2) is 9.59 Å². The van der Waals surface area contributed by atoms with Gasteiger partial charge in [0.15, 0.2) is 5.60 Å². The first kappa shape index (κ1) is 18.3. The van der Waals surface area contributed by atoms with Crippen molar-refractivity contribution in [1.82, 2.24) is 0 Å². The van der Waals surface area contributed by atoms with Crippen LogP contribution in [0.2, 0.25) is 0 Å². The van der Waals surface area contributed by atoms with Crippen LogP contribution < -0.4 is 4.74 Å². The molecule has 7 nitrogen and oxygen atoms in total. The van der Waals surface area contributed by atoms with Crippen molar-refractivity contribution in [2.45, 2.75) is 5.60 Å². The molecule has 1 atom stereocenters. The third-order valence-electron chi connectivity index (χ3n) is 6.01. The van der Waals surface area contributed by atoms with Gasteiger partial charge in [0.1, 0.15) is 23.0 Å². The van der Waals surface area contributed by atoms with Crippen LogP contribution in [0.4, 0.5) is 0 Å². The Labute approximate surface area is 180 Å². The smallest absolute Gasteiger partial charge is 0.341 e. The first-order chi connectivity index (χ1) is 15.4. The second-order valence-corrected chi connectivity index (χ2v) is 7.73. The Bertz CT molecular complexity index is 1500. The molecule has 7 heteroatoms. The van der Waals surface area contributed by atoms with E-state index in [-0.39, 0.29) is 28.4 Å². The largest absolute Gasteiger partial charge is 0.508 e. The zero-order valence-electron chi connectivity index (χ0n) is 16.3. The Balaban J connectivity index is 1.77. The molecule has 0 radical (unpaired) electrons. The first-order valence-corrected chi connectivity index (χ1v) is 9.78. The highest BCUT2D eigenvalue weighted by atomic mass is 16.6. The fraction of sp³-hybridized carbons (Fsp3) is 0.0400. The number of carbonyl (C=O) groups excluding carboxylic acids is 1. The van der Waals surface area contributed by atoms with Gasteiger partial charge >= 0.3 is 11.9 Å². The van der Waals surface area contributed by atoms with Crippen molar-refractivity contribution >= 4 is 22.7 Å². The molecule has 4 aromatic rings. The summed E-state index contributed by atoms with van der Waals surface area (Å²) in [4.78, 5) is 24.9. The van der Waals surface area contributed by atoms with Crippen molar-refractivity contribution in [3.63, 3.8) is 0 Å². The van der Waals surface area contributed by atoms with E-state index in [9.17, 15) is 24.9 Å². The number of hydrogen-bond donors (Lipinski definition) is 3. The summed E-state index contributed by atoms with van der Waals surface area (Å²) in [6, 6.07) is 17.4. The van der Waals surface area contributed by atoms with Gasteiger partial charge in [0.05, 0.1) is 11.1 Å². The predicted molar refractivity (Wildman–Crippen MR) is 112 cm³/mol. The van der Waals surface area contributed by atoms with Crippen LogP contribution in [0.5, 0.6) is 23.0 Å². The van der Waals surface area contributed by atoms with Crippen LogP contribution >= 0.6 is 0 Å². The topological polar surface area (TPSA) is 113 Å². The van der Waals surface area contributed by atoms with Gasteiger partial charge in [-0.2, -0.15) is 0 Å². The number of ether oxygens (including phenoxy) is 2. The van der Waals surface area contributed by atoms with Gasteiger partial charge in [-0.15, -0.1) is 0 Å². The minimum Gasteiger partial charge on any atom is -0.508 e. The molecule has 6 rings (SSSR count). The van der Waals surface area contributed by atoms with E-state index in [0.717, 1.165) is 0 Å². The van der Waals surface area contributed by atoms with Crippen LogP contribution in [0, 0.1) is 0 Å². The maximum Gasteiger partial charge on any atom is 0.341 e. The minimum absolute atomic E-state index is 0.0160. The molecule has 1 spiro atoms. The monoisotopic (exact) mass is 426 g/mol. The molecule has 0 amide bonds. The van der Waals surface area contributed by atoms with E-state index in [1.165, 1.54) is 24.3 Å². The van der Waals surface area contributed by atoms with Crippen molar-refractivity contribution in [3.8, 4) is 23.0 Å². The lowest BCUT2D eigenvalue weighted by atomic mass is 9.76. The number of hydrogen-bond acceptors (Lipinski definition) is 6. The highest BCUT2D eigenvalue weighted by Crippen LogP contribution is 2.58. The molecule has 0 aliphatic carbocycles. The van der Waals surface area contributed by atoms with Crippen molar-refractivity contribution in [2.24, 2.45) is 0 Å². The summed E-state index contributed by atoms with van der Waals surface area (Å²) >= 11 is 0. The molecule has 2 heterocycles. The van der Waals surface area contributed by atoms with E-state index in [2.05, 4.69) is 0 Å². The van der Waals surface area contributed by atoms with E-state index in [0.29, 0.717) is 33.2 Å². The van der Waals surface area contributed by atoms with Gasteiger partial charge in [0.25, 0.3) is 0 Å². The number of phenols is 2. The first-order valence-electron chi connectivity index (χ1n) is 9.78. The number of aromatic hydroxyl groups is 2. The van der Waals surface area contributed by atoms with Crippen molar-refractivity contribution in [3.05, 3.63) is 94.5 Å². The Hall–Kier alpha value is -4.52. The fourth-order valence-corrected chi connectivity index (χ4v) is 4.71. The molecule has 0 fully saturated rings. The number of benzene rings is 4. The van der Waals surface area contributed by atoms with Gasteiger partial charge < -0.3 is 24.8 Å². The molecular formula is C25H14O7. The van der Waals surface area contributed by atoms with Crippen LogP contribution in [0.3, 0.4) is 0 Å². The van der Waals surface area contributed by atoms with Gasteiger partial charge in [0, 0.05) is 28.1 Å². The maximum absolute atomic E-state index is 13.1. The highest BCUT2D eigenvalue weighted by Gasteiger charge is 2.54. The molecule has 2 aliphatic rings. The van der Waals surface area contributed by atoms with Crippen LogP contribution in [0.15, 0.2) is 66.7 Å². The normalized spacial score (nSPS) is 17.9. The molecule has 3 N–H and O–H groups in total. The van der Waals surface area contributed by atoms with E-state index in [1.54, 1.807) is 42.5 Å². The summed E-state index contributed by atoms with van der Waals surface area (Å²) < 4.78 is 12.2. The summed E-state index contributed by atoms with van der Waals surface area (Å²) in [5.74, 6) is -1.27. The molecule has 0 saturated carbocycles. The minimum atomic E-state index is -1.46. The summed E-state index contributed by atoms with van der Waals surface area (Å²) in [5, 5.41) is 31.0. The number of esters is 1. The number of carboxylic acids is 1. The van der Waals surface area contributed by atoms with Crippen molar-refractivity contribution in [1.29, 1.82) is 0 Å². The van der Waals surface area contributed by atoms with Gasteiger partial charge in [-0.3, -0.25) is 0 Å². The number of carbonyl (C=O) groups is 2. The lowest BCUT2D eigenvalue weighted by molar-refractivity contribution is 0.0223. The molecule has 2 aliphatic heterocycles. The Morgan fingerprint density at radius 2 is 1.59 bits per heavy atom. The van der Waals surface area contributed by atoms with Gasteiger partial charge in [0.2, 0.25) is 0 Å². The fourth-order valence-electron chi connectivity index (χ4n) is 4.71. The second-order valence-electron chi connectivity index (χ2n) is 7.73. The molecule has 32 heavy (non-hydrogen) atoms. The molecule has 0 bridgehead atoms. The van der Waals surface area contributed by atoms with Crippen LogP contribution in [0.1, 0.15) is 37.4 Å². The van der Waals surface area contributed by atoms with Crippen LogP contribution in [-0.4, -0.2) is 27.3 Å². The highest BCUT2D eigenvalue weighted by molar-refractivity contribution is 6.07. The molecule has 156 valence electrons. The van der Waals surface area contributed by atoms with E-state index in [4.69, 9.17) is 9.47 Å². The quantitative estimate of drug-likeness (QED) is 0.384. The molecule has 1 unspecified atom stereocenters. The number of aromatic carboxylic acids is 1.